The molecule has 0 saturated carbocycles. The first-order valence-electron chi connectivity index (χ1n) is 8.80. The number of carbonyl (C=O) groups excluding carboxylic acids is 2. The Labute approximate surface area is 172 Å². The first-order chi connectivity index (χ1) is 14.4. The molecule has 1 aromatic carbocycles. The fraction of sp³-hybridized carbons (Fsp3) is 0.150. The van der Waals surface area contributed by atoms with Gasteiger partial charge in [-0.3, -0.25) is 0 Å². The molecule has 3 rings (SSSR count). The topological polar surface area (TPSA) is 141 Å². The van der Waals surface area contributed by atoms with Crippen molar-refractivity contribution in [2.24, 2.45) is 0 Å². The van der Waals surface area contributed by atoms with Crippen LogP contribution in [0.5, 0.6) is 0 Å². The highest BCUT2D eigenvalue weighted by Gasteiger charge is 2.16. The van der Waals surface area contributed by atoms with E-state index in [9.17, 15) is 9.59 Å². The molecule has 10 heteroatoms. The van der Waals surface area contributed by atoms with E-state index in [0.29, 0.717) is 17.3 Å². The van der Waals surface area contributed by atoms with Crippen LogP contribution in [0.15, 0.2) is 42.9 Å². The number of hydrogen-bond donors (Lipinski definition) is 3. The maximum Gasteiger partial charge on any atom is 0.337 e. The van der Waals surface area contributed by atoms with Crippen LogP contribution >= 0.6 is 0 Å². The summed E-state index contributed by atoms with van der Waals surface area (Å²) in [5.41, 5.74) is 8.08. The van der Waals surface area contributed by atoms with Gasteiger partial charge >= 0.3 is 11.9 Å². The fourth-order valence-electron chi connectivity index (χ4n) is 2.63. The van der Waals surface area contributed by atoms with Crippen LogP contribution < -0.4 is 16.4 Å². The standard InChI is InChI=1S/C20H20N6O4/c1-11-5-4-6-22-16(11)26-18-15(21)17(23-10-24-18)25-14-8-12(19(27)29-2)7-13(9-14)20(28)30-3/h4-10H,21H2,1-3H3,(H2,22,23,24,25,26). The van der Waals surface area contributed by atoms with Crippen molar-refractivity contribution in [2.75, 3.05) is 30.6 Å². The van der Waals surface area contributed by atoms with E-state index in [-0.39, 0.29) is 22.6 Å². The van der Waals surface area contributed by atoms with Gasteiger partial charge in [0.25, 0.3) is 0 Å². The van der Waals surface area contributed by atoms with Crippen molar-refractivity contribution >= 4 is 40.8 Å². The highest BCUT2D eigenvalue weighted by atomic mass is 16.5. The highest BCUT2D eigenvalue weighted by molar-refractivity contribution is 5.97. The van der Waals surface area contributed by atoms with Crippen LogP contribution in [0.2, 0.25) is 0 Å². The van der Waals surface area contributed by atoms with Gasteiger partial charge in [0, 0.05) is 11.9 Å². The largest absolute Gasteiger partial charge is 0.465 e. The third-order valence-electron chi connectivity index (χ3n) is 4.17. The number of aryl methyl sites for hydroxylation is 1. The Balaban J connectivity index is 1.95. The summed E-state index contributed by atoms with van der Waals surface area (Å²) in [7, 11) is 2.50. The van der Waals surface area contributed by atoms with Gasteiger partial charge < -0.3 is 25.8 Å². The number of pyridine rings is 1. The number of nitrogens with one attached hydrogen (secondary N) is 2. The minimum atomic E-state index is -0.604. The predicted molar refractivity (Wildman–Crippen MR) is 111 cm³/mol. The van der Waals surface area contributed by atoms with Crippen LogP contribution in [0.4, 0.5) is 28.8 Å². The molecule has 0 aliphatic rings. The van der Waals surface area contributed by atoms with Crippen LogP contribution in [0, 0.1) is 6.92 Å². The molecular formula is C20H20N6O4. The summed E-state index contributed by atoms with van der Waals surface area (Å²) in [5, 5.41) is 6.07. The third kappa shape index (κ3) is 4.43. The number of anilines is 5. The highest BCUT2D eigenvalue weighted by Crippen LogP contribution is 2.29. The second-order valence-electron chi connectivity index (χ2n) is 6.19. The molecule has 0 fully saturated rings. The third-order valence-corrected chi connectivity index (χ3v) is 4.17. The van der Waals surface area contributed by atoms with Crippen molar-refractivity contribution in [1.82, 2.24) is 15.0 Å². The molecule has 4 N–H and O–H groups in total. The summed E-state index contributed by atoms with van der Waals surface area (Å²) < 4.78 is 9.49. The van der Waals surface area contributed by atoms with Crippen LogP contribution in [-0.2, 0) is 9.47 Å². The molecule has 0 bridgehead atoms. The Hall–Kier alpha value is -4.21. The first-order valence-corrected chi connectivity index (χ1v) is 8.80. The molecule has 3 aromatic rings. The van der Waals surface area contributed by atoms with E-state index in [2.05, 4.69) is 25.6 Å². The molecule has 2 aromatic heterocycles. The molecule has 0 saturated heterocycles. The normalized spacial score (nSPS) is 10.2. The summed E-state index contributed by atoms with van der Waals surface area (Å²) in [4.78, 5) is 36.5. The summed E-state index contributed by atoms with van der Waals surface area (Å²) in [6.45, 7) is 1.90. The Morgan fingerprint density at radius 3 is 2.07 bits per heavy atom. The smallest absolute Gasteiger partial charge is 0.337 e. The summed E-state index contributed by atoms with van der Waals surface area (Å²) in [5.74, 6) is 0.0277. The number of rotatable bonds is 6. The molecule has 0 amide bonds. The average Bonchev–Trinajstić information content (AvgIpc) is 2.76. The van der Waals surface area contributed by atoms with E-state index < -0.39 is 11.9 Å². The van der Waals surface area contributed by atoms with Gasteiger partial charge in [-0.15, -0.1) is 0 Å². The van der Waals surface area contributed by atoms with Gasteiger partial charge in [-0.25, -0.2) is 24.5 Å². The lowest BCUT2D eigenvalue weighted by atomic mass is 10.1. The molecule has 154 valence electrons. The molecule has 0 radical (unpaired) electrons. The average molecular weight is 408 g/mol. The van der Waals surface area contributed by atoms with Crippen LogP contribution in [-0.4, -0.2) is 41.1 Å². The maximum atomic E-state index is 12.0. The van der Waals surface area contributed by atoms with Crippen molar-refractivity contribution in [3.8, 4) is 0 Å². The zero-order valence-corrected chi connectivity index (χ0v) is 16.6. The summed E-state index contributed by atoms with van der Waals surface area (Å²) in [6.07, 6.45) is 2.98. The van der Waals surface area contributed by atoms with E-state index in [1.165, 1.54) is 38.7 Å². The Bertz CT molecular complexity index is 1070. The van der Waals surface area contributed by atoms with Crippen molar-refractivity contribution in [3.05, 3.63) is 59.5 Å². The zero-order valence-electron chi connectivity index (χ0n) is 16.6. The second-order valence-corrected chi connectivity index (χ2v) is 6.19. The maximum absolute atomic E-state index is 12.0. The number of nitrogens with two attached hydrogens (primary N) is 1. The van der Waals surface area contributed by atoms with Gasteiger partial charge in [0.15, 0.2) is 11.6 Å². The molecule has 0 atom stereocenters. The monoisotopic (exact) mass is 408 g/mol. The SMILES string of the molecule is COC(=O)c1cc(Nc2ncnc(Nc3ncccc3C)c2N)cc(C(=O)OC)c1. The minimum absolute atomic E-state index is 0.165. The van der Waals surface area contributed by atoms with Gasteiger partial charge in [0.1, 0.15) is 17.8 Å². The van der Waals surface area contributed by atoms with Crippen LogP contribution in [0.1, 0.15) is 26.3 Å². The molecule has 30 heavy (non-hydrogen) atoms. The van der Waals surface area contributed by atoms with Crippen LogP contribution in [0.3, 0.4) is 0 Å². The number of benzene rings is 1. The number of methoxy groups -OCH3 is 2. The number of carbonyl (C=O) groups is 2. The number of esters is 2. The van der Waals surface area contributed by atoms with Gasteiger partial charge in [-0.1, -0.05) is 6.07 Å². The quantitative estimate of drug-likeness (QED) is 0.521. The van der Waals surface area contributed by atoms with Gasteiger partial charge in [0.05, 0.1) is 25.3 Å². The molecule has 0 spiro atoms. The van der Waals surface area contributed by atoms with Gasteiger partial charge in [-0.05, 0) is 36.8 Å². The van der Waals surface area contributed by atoms with E-state index in [4.69, 9.17) is 15.2 Å². The molecular weight excluding hydrogens is 388 g/mol. The molecule has 0 unspecified atom stereocenters. The first kappa shape index (κ1) is 20.5. The lowest BCUT2D eigenvalue weighted by molar-refractivity contribution is 0.0599. The van der Waals surface area contributed by atoms with E-state index in [1.807, 2.05) is 19.1 Å². The van der Waals surface area contributed by atoms with Crippen molar-refractivity contribution in [1.29, 1.82) is 0 Å². The van der Waals surface area contributed by atoms with E-state index in [1.54, 1.807) is 6.20 Å². The van der Waals surface area contributed by atoms with Crippen molar-refractivity contribution < 1.29 is 19.1 Å². The van der Waals surface area contributed by atoms with Gasteiger partial charge in [0.2, 0.25) is 0 Å². The Kier molecular flexibility index (Phi) is 6.06. The summed E-state index contributed by atoms with van der Waals surface area (Å²) >= 11 is 0. The molecule has 0 aliphatic carbocycles. The van der Waals surface area contributed by atoms with E-state index in [0.717, 1.165) is 5.56 Å². The number of aromatic nitrogens is 3. The van der Waals surface area contributed by atoms with Gasteiger partial charge in [-0.2, -0.15) is 0 Å². The predicted octanol–water partition coefficient (Wildman–Crippen LogP) is 2.82. The number of nitrogens with zero attached hydrogens (tertiary/aromatic N) is 3. The summed E-state index contributed by atoms with van der Waals surface area (Å²) in [6, 6.07) is 8.12. The number of ether oxygens (including phenoxy) is 2. The van der Waals surface area contributed by atoms with E-state index >= 15 is 0 Å². The number of hydrogen-bond acceptors (Lipinski definition) is 10. The zero-order chi connectivity index (χ0) is 21.7. The van der Waals surface area contributed by atoms with Crippen molar-refractivity contribution in [2.45, 2.75) is 6.92 Å². The van der Waals surface area contributed by atoms with Crippen LogP contribution in [0.25, 0.3) is 0 Å². The second kappa shape index (κ2) is 8.86. The lowest BCUT2D eigenvalue weighted by Gasteiger charge is -2.14. The minimum Gasteiger partial charge on any atom is -0.465 e. The Morgan fingerprint density at radius 1 is 0.900 bits per heavy atom. The molecule has 0 aliphatic heterocycles. The Morgan fingerprint density at radius 2 is 1.50 bits per heavy atom. The fourth-order valence-corrected chi connectivity index (χ4v) is 2.63. The van der Waals surface area contributed by atoms with Crippen molar-refractivity contribution in [3.63, 3.8) is 0 Å². The lowest BCUT2D eigenvalue weighted by Crippen LogP contribution is -2.09. The number of nitrogen functional groups attached to an aromatic ring is 1. The molecule has 2 heterocycles. The molecule has 10 nitrogen and oxygen atoms in total.